The molecule has 0 unspecified atom stereocenters. The largest absolute Gasteiger partial charge is 0.341 e. The molecule has 0 bridgehead atoms. The van der Waals surface area contributed by atoms with E-state index in [0.717, 1.165) is 24.9 Å². The number of piperidine rings is 1. The van der Waals surface area contributed by atoms with Gasteiger partial charge in [0.15, 0.2) is 0 Å². The zero-order valence-corrected chi connectivity index (χ0v) is 12.0. The Bertz CT molecular complexity index is 580. The lowest BCUT2D eigenvalue weighted by Crippen LogP contribution is -2.32. The molecule has 1 aliphatic rings. The number of anilines is 2. The van der Waals surface area contributed by atoms with Crippen LogP contribution >= 0.6 is 0 Å². The van der Waals surface area contributed by atoms with Crippen molar-refractivity contribution in [1.82, 2.24) is 15.0 Å². The number of rotatable bonds is 4. The number of hydrazine groups is 1. The van der Waals surface area contributed by atoms with E-state index in [9.17, 15) is 0 Å². The topological polar surface area (TPSA) is 80.0 Å². The first kappa shape index (κ1) is 13.8. The predicted molar refractivity (Wildman–Crippen MR) is 82.9 cm³/mol. The zero-order chi connectivity index (χ0) is 14.5. The van der Waals surface area contributed by atoms with Gasteiger partial charge in [0, 0.05) is 19.5 Å². The average Bonchev–Trinajstić information content (AvgIpc) is 2.56. The van der Waals surface area contributed by atoms with E-state index in [1.54, 1.807) is 0 Å². The minimum absolute atomic E-state index is 0.427. The van der Waals surface area contributed by atoms with Gasteiger partial charge in [-0.25, -0.2) is 5.84 Å². The summed E-state index contributed by atoms with van der Waals surface area (Å²) in [5, 5.41) is 0. The zero-order valence-electron chi connectivity index (χ0n) is 12.0. The highest BCUT2D eigenvalue weighted by atomic mass is 15.4. The molecule has 6 heteroatoms. The van der Waals surface area contributed by atoms with Crippen molar-refractivity contribution in [3.63, 3.8) is 0 Å². The van der Waals surface area contributed by atoms with Crippen LogP contribution in [0.5, 0.6) is 0 Å². The van der Waals surface area contributed by atoms with Gasteiger partial charge in [0.2, 0.25) is 11.9 Å². The third kappa shape index (κ3) is 3.46. The number of nitrogens with zero attached hydrogens (tertiary/aromatic N) is 4. The Morgan fingerprint density at radius 3 is 2.48 bits per heavy atom. The van der Waals surface area contributed by atoms with Crippen LogP contribution in [0, 0.1) is 0 Å². The van der Waals surface area contributed by atoms with Crippen LogP contribution in [0.4, 0.5) is 11.9 Å². The molecule has 3 N–H and O–H groups in total. The van der Waals surface area contributed by atoms with Crippen LogP contribution < -0.4 is 16.2 Å². The third-order valence-corrected chi connectivity index (χ3v) is 3.64. The second-order valence-corrected chi connectivity index (χ2v) is 5.23. The summed E-state index contributed by atoms with van der Waals surface area (Å²) in [5.74, 6) is 7.38. The fraction of sp³-hybridized carbons (Fsp3) is 0.400. The molecule has 0 atom stereocenters. The second kappa shape index (κ2) is 6.49. The number of hydrogen-bond donors (Lipinski definition) is 2. The number of nitrogens with one attached hydrogen (secondary N) is 1. The molecular formula is C15H20N6. The van der Waals surface area contributed by atoms with Crippen LogP contribution in [-0.2, 0) is 6.42 Å². The number of aromatic nitrogens is 3. The van der Waals surface area contributed by atoms with Gasteiger partial charge < -0.3 is 4.90 Å². The van der Waals surface area contributed by atoms with Gasteiger partial charge in [0.1, 0.15) is 5.82 Å². The van der Waals surface area contributed by atoms with Crippen LogP contribution in [0.2, 0.25) is 0 Å². The van der Waals surface area contributed by atoms with Crippen molar-refractivity contribution in [1.29, 1.82) is 0 Å². The highest BCUT2D eigenvalue weighted by Gasteiger charge is 2.16. The summed E-state index contributed by atoms with van der Waals surface area (Å²) in [5.41, 5.74) is 3.72. The van der Waals surface area contributed by atoms with Crippen molar-refractivity contribution in [2.75, 3.05) is 23.4 Å². The summed E-state index contributed by atoms with van der Waals surface area (Å²) < 4.78 is 0. The van der Waals surface area contributed by atoms with Gasteiger partial charge in [0.05, 0.1) is 0 Å². The van der Waals surface area contributed by atoms with Crippen molar-refractivity contribution in [2.24, 2.45) is 5.84 Å². The van der Waals surface area contributed by atoms with Gasteiger partial charge in [-0.2, -0.15) is 15.0 Å². The monoisotopic (exact) mass is 284 g/mol. The lowest BCUT2D eigenvalue weighted by molar-refractivity contribution is 0.566. The smallest absolute Gasteiger partial charge is 0.242 e. The molecule has 0 aliphatic carbocycles. The molecule has 1 fully saturated rings. The van der Waals surface area contributed by atoms with Crippen molar-refractivity contribution >= 4 is 11.9 Å². The summed E-state index contributed by atoms with van der Waals surface area (Å²) in [6.07, 6.45) is 4.33. The van der Waals surface area contributed by atoms with E-state index in [1.165, 1.54) is 24.8 Å². The molecular weight excluding hydrogens is 264 g/mol. The van der Waals surface area contributed by atoms with E-state index >= 15 is 0 Å². The lowest BCUT2D eigenvalue weighted by Gasteiger charge is -2.26. The third-order valence-electron chi connectivity index (χ3n) is 3.64. The predicted octanol–water partition coefficient (Wildman–Crippen LogP) is 1.74. The molecule has 0 amide bonds. The minimum Gasteiger partial charge on any atom is -0.341 e. The van der Waals surface area contributed by atoms with Gasteiger partial charge in [-0.05, 0) is 24.8 Å². The molecule has 0 saturated carbocycles. The highest BCUT2D eigenvalue weighted by molar-refractivity contribution is 5.37. The Kier molecular flexibility index (Phi) is 4.25. The maximum Gasteiger partial charge on any atom is 0.242 e. The summed E-state index contributed by atoms with van der Waals surface area (Å²) in [6, 6.07) is 10.2. The summed E-state index contributed by atoms with van der Waals surface area (Å²) in [4.78, 5) is 15.6. The normalized spacial score (nSPS) is 15.0. The van der Waals surface area contributed by atoms with Gasteiger partial charge in [0.25, 0.3) is 0 Å². The van der Waals surface area contributed by atoms with Crippen molar-refractivity contribution in [3.05, 3.63) is 41.7 Å². The number of nitrogens with two attached hydrogens (primary N) is 1. The SMILES string of the molecule is NNc1nc(Cc2ccccc2)nc(N2CCCCC2)n1. The molecule has 1 aromatic carbocycles. The lowest BCUT2D eigenvalue weighted by atomic mass is 10.1. The van der Waals surface area contributed by atoms with Gasteiger partial charge >= 0.3 is 0 Å². The molecule has 6 nitrogen and oxygen atoms in total. The quantitative estimate of drug-likeness (QED) is 0.657. The molecule has 21 heavy (non-hydrogen) atoms. The molecule has 2 heterocycles. The van der Waals surface area contributed by atoms with Crippen LogP contribution in [-0.4, -0.2) is 28.0 Å². The molecule has 0 spiro atoms. The first-order valence-electron chi connectivity index (χ1n) is 7.35. The van der Waals surface area contributed by atoms with Crippen LogP contribution in [0.15, 0.2) is 30.3 Å². The molecule has 1 saturated heterocycles. The number of benzene rings is 1. The van der Waals surface area contributed by atoms with E-state index in [0.29, 0.717) is 12.4 Å². The first-order chi connectivity index (χ1) is 10.3. The standard InChI is InChI=1S/C15H20N6/c16-20-14-17-13(11-12-7-3-1-4-8-12)18-15(19-14)21-9-5-2-6-10-21/h1,3-4,7-8H,2,5-6,9-11,16H2,(H,17,18,19,20). The number of hydrogen-bond acceptors (Lipinski definition) is 6. The molecule has 0 radical (unpaired) electrons. The van der Waals surface area contributed by atoms with Gasteiger partial charge in [-0.1, -0.05) is 30.3 Å². The van der Waals surface area contributed by atoms with E-state index in [1.807, 2.05) is 18.2 Å². The second-order valence-electron chi connectivity index (χ2n) is 5.23. The Morgan fingerprint density at radius 1 is 1.00 bits per heavy atom. The minimum atomic E-state index is 0.427. The Hall–Kier alpha value is -2.21. The Labute approximate surface area is 124 Å². The number of nitrogen functional groups attached to an aromatic ring is 1. The van der Waals surface area contributed by atoms with Gasteiger partial charge in [-0.3, -0.25) is 5.43 Å². The van der Waals surface area contributed by atoms with Crippen molar-refractivity contribution < 1.29 is 0 Å². The molecule has 2 aromatic rings. The van der Waals surface area contributed by atoms with Gasteiger partial charge in [-0.15, -0.1) is 0 Å². The van der Waals surface area contributed by atoms with E-state index in [2.05, 4.69) is 37.4 Å². The van der Waals surface area contributed by atoms with Crippen LogP contribution in [0.25, 0.3) is 0 Å². The maximum absolute atomic E-state index is 5.49. The van der Waals surface area contributed by atoms with Crippen molar-refractivity contribution in [3.8, 4) is 0 Å². The summed E-state index contributed by atoms with van der Waals surface area (Å²) in [6.45, 7) is 2.00. The average molecular weight is 284 g/mol. The highest BCUT2D eigenvalue weighted by Crippen LogP contribution is 2.17. The molecule has 110 valence electrons. The fourth-order valence-electron chi connectivity index (χ4n) is 2.56. The van der Waals surface area contributed by atoms with E-state index < -0.39 is 0 Å². The van der Waals surface area contributed by atoms with E-state index in [4.69, 9.17) is 5.84 Å². The van der Waals surface area contributed by atoms with E-state index in [-0.39, 0.29) is 0 Å². The van der Waals surface area contributed by atoms with Crippen LogP contribution in [0.1, 0.15) is 30.7 Å². The molecule has 1 aromatic heterocycles. The summed E-state index contributed by atoms with van der Waals surface area (Å²) >= 11 is 0. The summed E-state index contributed by atoms with van der Waals surface area (Å²) in [7, 11) is 0. The molecule has 3 rings (SSSR count). The van der Waals surface area contributed by atoms with Crippen LogP contribution in [0.3, 0.4) is 0 Å². The Morgan fingerprint density at radius 2 is 1.76 bits per heavy atom. The first-order valence-corrected chi connectivity index (χ1v) is 7.35. The maximum atomic E-state index is 5.49. The van der Waals surface area contributed by atoms with Crippen molar-refractivity contribution in [2.45, 2.75) is 25.7 Å². The fourth-order valence-corrected chi connectivity index (χ4v) is 2.56. The Balaban J connectivity index is 1.85. The molecule has 1 aliphatic heterocycles.